The van der Waals surface area contributed by atoms with Gasteiger partial charge in [0.2, 0.25) is 0 Å². The second-order valence-corrected chi connectivity index (χ2v) is 6.02. The first-order valence-corrected chi connectivity index (χ1v) is 8.75. The third kappa shape index (κ3) is 6.97. The van der Waals surface area contributed by atoms with E-state index in [1.54, 1.807) is 0 Å². The monoisotopic (exact) mass is 325 g/mol. The summed E-state index contributed by atoms with van der Waals surface area (Å²) in [5.41, 5.74) is 1.99. The minimum Gasteiger partial charge on any atom is -0.458 e. The molecule has 3 nitrogen and oxygen atoms in total. The minimum atomic E-state index is -0.206. The molecule has 0 amide bonds. The summed E-state index contributed by atoms with van der Waals surface area (Å²) in [6, 6.07) is 19.4. The van der Waals surface area contributed by atoms with Crippen molar-refractivity contribution >= 4 is 5.97 Å². The molecule has 0 aliphatic carbocycles. The van der Waals surface area contributed by atoms with Gasteiger partial charge in [0.05, 0.1) is 6.42 Å². The zero-order chi connectivity index (χ0) is 17.0. The Balaban J connectivity index is 0.000000292. The van der Waals surface area contributed by atoms with Crippen molar-refractivity contribution in [3.8, 4) is 0 Å². The number of hydrogen-bond donors (Lipinski definition) is 1. The number of nitrogens with one attached hydrogen (secondary N) is 1. The topological polar surface area (TPSA) is 38.3 Å². The lowest BCUT2D eigenvalue weighted by atomic mass is 10.1. The molecule has 1 N–H and O–H groups in total. The van der Waals surface area contributed by atoms with Crippen LogP contribution in [0, 0.1) is 0 Å². The van der Waals surface area contributed by atoms with Crippen molar-refractivity contribution in [2.45, 2.75) is 38.7 Å². The first kappa shape index (κ1) is 18.2. The molecule has 0 bridgehead atoms. The number of esters is 1. The highest BCUT2D eigenvalue weighted by Gasteiger charge is 2.11. The van der Waals surface area contributed by atoms with Crippen molar-refractivity contribution in [3.05, 3.63) is 71.8 Å². The molecule has 24 heavy (non-hydrogen) atoms. The molecule has 1 fully saturated rings. The summed E-state index contributed by atoms with van der Waals surface area (Å²) in [6.45, 7) is 4.39. The van der Waals surface area contributed by atoms with Crippen LogP contribution in [0.1, 0.15) is 43.4 Å². The predicted molar refractivity (Wildman–Crippen MR) is 97.8 cm³/mol. The van der Waals surface area contributed by atoms with Gasteiger partial charge in [-0.25, -0.2) is 0 Å². The molecule has 0 spiro atoms. The van der Waals surface area contributed by atoms with Gasteiger partial charge in [0, 0.05) is 0 Å². The van der Waals surface area contributed by atoms with Crippen LogP contribution < -0.4 is 5.32 Å². The van der Waals surface area contributed by atoms with E-state index >= 15 is 0 Å². The molecule has 1 aliphatic heterocycles. The summed E-state index contributed by atoms with van der Waals surface area (Å²) in [6.07, 6.45) is 4.33. The number of carbonyl (C=O) groups is 1. The molecule has 0 radical (unpaired) electrons. The van der Waals surface area contributed by atoms with Crippen molar-refractivity contribution in [2.24, 2.45) is 0 Å². The van der Waals surface area contributed by atoms with Crippen molar-refractivity contribution in [2.75, 3.05) is 13.1 Å². The Bertz CT molecular complexity index is 568. The molecule has 1 heterocycles. The fraction of sp³-hybridized carbons (Fsp3) is 0.381. The van der Waals surface area contributed by atoms with E-state index in [0.29, 0.717) is 6.42 Å². The largest absolute Gasteiger partial charge is 0.458 e. The van der Waals surface area contributed by atoms with Gasteiger partial charge in [-0.05, 0) is 44.0 Å². The van der Waals surface area contributed by atoms with Crippen LogP contribution in [0.3, 0.4) is 0 Å². The van der Waals surface area contributed by atoms with Gasteiger partial charge in [0.25, 0.3) is 0 Å². The van der Waals surface area contributed by atoms with Crippen LogP contribution in [0.2, 0.25) is 0 Å². The molecule has 0 saturated carbocycles. The average Bonchev–Trinajstić information content (AvgIpc) is 2.65. The molecule has 0 unspecified atom stereocenters. The van der Waals surface area contributed by atoms with Crippen molar-refractivity contribution in [1.29, 1.82) is 0 Å². The molecule has 128 valence electrons. The maximum Gasteiger partial charge on any atom is 0.310 e. The molecule has 3 rings (SSSR count). The molecule has 1 saturated heterocycles. The van der Waals surface area contributed by atoms with Gasteiger partial charge in [-0.1, -0.05) is 67.1 Å². The molecule has 2 aromatic carbocycles. The third-order valence-corrected chi connectivity index (χ3v) is 3.98. The zero-order valence-electron chi connectivity index (χ0n) is 14.4. The van der Waals surface area contributed by atoms with Crippen LogP contribution in [-0.2, 0) is 16.0 Å². The Morgan fingerprint density at radius 2 is 1.54 bits per heavy atom. The lowest BCUT2D eigenvalue weighted by Crippen LogP contribution is -2.21. The summed E-state index contributed by atoms with van der Waals surface area (Å²) in [5.74, 6) is -0.197. The number of ether oxygens (including phenoxy) is 1. The molecular formula is C21H27NO2. The van der Waals surface area contributed by atoms with Crippen molar-refractivity contribution < 1.29 is 9.53 Å². The van der Waals surface area contributed by atoms with E-state index in [-0.39, 0.29) is 12.1 Å². The maximum absolute atomic E-state index is 11.8. The summed E-state index contributed by atoms with van der Waals surface area (Å²) in [4.78, 5) is 11.8. The Labute approximate surface area is 145 Å². The van der Waals surface area contributed by atoms with Crippen LogP contribution >= 0.6 is 0 Å². The second-order valence-electron chi connectivity index (χ2n) is 6.02. The lowest BCUT2D eigenvalue weighted by molar-refractivity contribution is -0.147. The fourth-order valence-corrected chi connectivity index (χ4v) is 2.60. The van der Waals surface area contributed by atoms with Gasteiger partial charge in [0.15, 0.2) is 0 Å². The van der Waals surface area contributed by atoms with E-state index < -0.39 is 0 Å². The normalized spacial score (nSPS) is 14.9. The Morgan fingerprint density at radius 3 is 2.04 bits per heavy atom. The van der Waals surface area contributed by atoms with Gasteiger partial charge in [0.1, 0.15) is 6.10 Å². The van der Waals surface area contributed by atoms with Gasteiger partial charge in [-0.15, -0.1) is 0 Å². The first-order valence-electron chi connectivity index (χ1n) is 8.75. The van der Waals surface area contributed by atoms with Crippen LogP contribution in [0.4, 0.5) is 0 Å². The molecular weight excluding hydrogens is 298 g/mol. The van der Waals surface area contributed by atoms with Gasteiger partial charge < -0.3 is 10.1 Å². The fourth-order valence-electron chi connectivity index (χ4n) is 2.60. The van der Waals surface area contributed by atoms with Gasteiger partial charge in [-0.3, -0.25) is 4.79 Å². The Kier molecular flexibility index (Phi) is 8.05. The summed E-state index contributed by atoms with van der Waals surface area (Å²) in [7, 11) is 0. The van der Waals surface area contributed by atoms with Crippen LogP contribution in [0.15, 0.2) is 60.7 Å². The van der Waals surface area contributed by atoms with E-state index in [2.05, 4.69) is 5.32 Å². The highest BCUT2D eigenvalue weighted by atomic mass is 16.5. The highest BCUT2D eigenvalue weighted by Crippen LogP contribution is 2.16. The van der Waals surface area contributed by atoms with Crippen LogP contribution in [0.5, 0.6) is 0 Å². The van der Waals surface area contributed by atoms with Crippen molar-refractivity contribution in [3.63, 3.8) is 0 Å². The molecule has 3 heteroatoms. The number of hydrogen-bond acceptors (Lipinski definition) is 3. The van der Waals surface area contributed by atoms with Crippen LogP contribution in [0.25, 0.3) is 0 Å². The van der Waals surface area contributed by atoms with Crippen molar-refractivity contribution in [1.82, 2.24) is 5.32 Å². The van der Waals surface area contributed by atoms with E-state index in [0.717, 1.165) is 11.1 Å². The molecule has 2 aromatic rings. The molecule has 1 atom stereocenters. The number of rotatable bonds is 4. The van der Waals surface area contributed by atoms with Gasteiger partial charge in [-0.2, -0.15) is 0 Å². The minimum absolute atomic E-state index is 0.197. The summed E-state index contributed by atoms with van der Waals surface area (Å²) >= 11 is 0. The zero-order valence-corrected chi connectivity index (χ0v) is 14.4. The van der Waals surface area contributed by atoms with Crippen LogP contribution in [-0.4, -0.2) is 19.1 Å². The second kappa shape index (κ2) is 10.6. The quantitative estimate of drug-likeness (QED) is 0.852. The summed E-state index contributed by atoms with van der Waals surface area (Å²) < 4.78 is 5.40. The van der Waals surface area contributed by atoms with E-state index in [4.69, 9.17) is 4.74 Å². The maximum atomic E-state index is 11.8. The lowest BCUT2D eigenvalue weighted by Gasteiger charge is -2.13. The molecule has 1 aliphatic rings. The van der Waals surface area contributed by atoms with E-state index in [1.807, 2.05) is 67.6 Å². The number of carbonyl (C=O) groups excluding carboxylic acids is 1. The standard InChI is InChI=1S/C16H16O2.C5H11N/c1-13(15-10-6-3-7-11-15)18-16(17)12-14-8-4-2-5-9-14;1-2-4-6-5-3-1/h2-11,13H,12H2,1H3;6H,1-5H2/t13-;/m0./s1. The Morgan fingerprint density at radius 1 is 0.958 bits per heavy atom. The van der Waals surface area contributed by atoms with E-state index in [1.165, 1.54) is 32.4 Å². The summed E-state index contributed by atoms with van der Waals surface area (Å²) in [5, 5.41) is 3.28. The van der Waals surface area contributed by atoms with Gasteiger partial charge >= 0.3 is 5.97 Å². The third-order valence-electron chi connectivity index (χ3n) is 3.98. The number of benzene rings is 2. The first-order chi connectivity index (χ1) is 11.8. The number of piperidine rings is 1. The molecule has 0 aromatic heterocycles. The predicted octanol–water partition coefficient (Wildman–Crippen LogP) is 4.29. The smallest absolute Gasteiger partial charge is 0.310 e. The average molecular weight is 325 g/mol. The SMILES string of the molecule is C1CCNCC1.C[C@H](OC(=O)Cc1ccccc1)c1ccccc1. The van der Waals surface area contributed by atoms with E-state index in [9.17, 15) is 4.79 Å². The highest BCUT2D eigenvalue weighted by molar-refractivity contribution is 5.72. The Hall–Kier alpha value is -2.13.